The fourth-order valence-corrected chi connectivity index (χ4v) is 4.00. The highest BCUT2D eigenvalue weighted by molar-refractivity contribution is 6.55. The zero-order valence-corrected chi connectivity index (χ0v) is 17.6. The zero-order chi connectivity index (χ0) is 22.0. The summed E-state index contributed by atoms with van der Waals surface area (Å²) < 4.78 is 5.07. The summed E-state index contributed by atoms with van der Waals surface area (Å²) in [7, 11) is 0. The molecule has 1 aliphatic carbocycles. The average molecular weight is 419 g/mol. The van der Waals surface area contributed by atoms with Gasteiger partial charge in [0.1, 0.15) is 11.8 Å². The Kier molecular flexibility index (Phi) is 5.95. The number of hydrogen-bond donors (Lipinski definition) is 1. The fourth-order valence-electron chi connectivity index (χ4n) is 4.00. The van der Waals surface area contributed by atoms with Crippen LogP contribution < -0.4 is 5.32 Å². The maximum Gasteiger partial charge on any atom is 0.411 e. The van der Waals surface area contributed by atoms with Crippen molar-refractivity contribution in [2.24, 2.45) is 4.99 Å². The second-order valence-corrected chi connectivity index (χ2v) is 8.01. The molecule has 0 spiro atoms. The zero-order valence-electron chi connectivity index (χ0n) is 17.6. The Morgan fingerprint density at radius 2 is 1.68 bits per heavy atom. The summed E-state index contributed by atoms with van der Waals surface area (Å²) in [5.74, 6) is -0.291. The first-order valence-electron chi connectivity index (χ1n) is 10.5. The molecule has 4 rings (SSSR count). The Morgan fingerprint density at radius 3 is 2.32 bits per heavy atom. The van der Waals surface area contributed by atoms with E-state index in [0.717, 1.165) is 25.9 Å². The van der Waals surface area contributed by atoms with Crippen LogP contribution in [0.1, 0.15) is 47.4 Å². The minimum Gasteiger partial charge on any atom is -0.447 e. The molecular formula is C24H25N3O4. The van der Waals surface area contributed by atoms with Gasteiger partial charge in [-0.3, -0.25) is 19.8 Å². The molecule has 0 bridgehead atoms. The lowest BCUT2D eigenvalue weighted by molar-refractivity contribution is 0.0873. The lowest BCUT2D eigenvalue weighted by Gasteiger charge is -2.31. The van der Waals surface area contributed by atoms with Gasteiger partial charge in [0, 0.05) is 16.8 Å². The Balaban J connectivity index is 1.65. The molecule has 2 aromatic carbocycles. The van der Waals surface area contributed by atoms with Crippen LogP contribution in [0.25, 0.3) is 0 Å². The maximum atomic E-state index is 13.3. The number of rotatable bonds is 4. The highest BCUT2D eigenvalue weighted by atomic mass is 16.6. The highest BCUT2D eigenvalue weighted by Crippen LogP contribution is 2.28. The van der Waals surface area contributed by atoms with E-state index in [0.29, 0.717) is 22.5 Å². The molecule has 2 aliphatic rings. The number of nitrogens with one attached hydrogen (secondary N) is 1. The van der Waals surface area contributed by atoms with Crippen LogP contribution in [0, 0.1) is 0 Å². The first-order chi connectivity index (χ1) is 14.9. The van der Waals surface area contributed by atoms with Crippen LogP contribution in [-0.2, 0) is 4.74 Å². The van der Waals surface area contributed by atoms with E-state index in [1.165, 1.54) is 0 Å². The van der Waals surface area contributed by atoms with Crippen molar-refractivity contribution in [1.29, 1.82) is 0 Å². The van der Waals surface area contributed by atoms with E-state index in [1.54, 1.807) is 62.4 Å². The van der Waals surface area contributed by atoms with Gasteiger partial charge in [0.25, 0.3) is 0 Å². The normalized spacial score (nSPS) is 20.2. The van der Waals surface area contributed by atoms with E-state index < -0.39 is 12.1 Å². The highest BCUT2D eigenvalue weighted by Gasteiger charge is 2.42. The van der Waals surface area contributed by atoms with Crippen molar-refractivity contribution in [3.8, 4) is 0 Å². The van der Waals surface area contributed by atoms with Crippen molar-refractivity contribution in [1.82, 2.24) is 4.90 Å². The monoisotopic (exact) mass is 419 g/mol. The summed E-state index contributed by atoms with van der Waals surface area (Å²) in [6.45, 7) is 5.09. The Hall–Kier alpha value is -3.32. The van der Waals surface area contributed by atoms with Gasteiger partial charge in [0.05, 0.1) is 11.8 Å². The second kappa shape index (κ2) is 8.81. The summed E-state index contributed by atoms with van der Waals surface area (Å²) in [5.41, 5.74) is 2.22. The third-order valence-corrected chi connectivity index (χ3v) is 5.39. The average Bonchev–Trinajstić information content (AvgIpc) is 3.27. The molecule has 1 N–H and O–H groups in total. The van der Waals surface area contributed by atoms with Crippen LogP contribution in [0.4, 0.5) is 16.2 Å². The van der Waals surface area contributed by atoms with E-state index in [1.807, 2.05) is 4.90 Å². The number of Topliss-reactive ketones (excluding diaryl/α,β-unsaturated/α-hetero) is 2. The van der Waals surface area contributed by atoms with Crippen LogP contribution in [0.3, 0.4) is 0 Å². The Labute approximate surface area is 181 Å². The predicted octanol–water partition coefficient (Wildman–Crippen LogP) is 4.26. The minimum atomic E-state index is -0.663. The van der Waals surface area contributed by atoms with Crippen LogP contribution in [-0.4, -0.2) is 53.5 Å². The van der Waals surface area contributed by atoms with Crippen LogP contribution in [0.15, 0.2) is 53.5 Å². The van der Waals surface area contributed by atoms with Crippen molar-refractivity contribution >= 4 is 34.7 Å². The van der Waals surface area contributed by atoms with Crippen molar-refractivity contribution < 1.29 is 19.1 Å². The fraction of sp³-hybridized carbons (Fsp3) is 0.333. The van der Waals surface area contributed by atoms with Crippen LogP contribution in [0.5, 0.6) is 0 Å². The number of amides is 1. The topological polar surface area (TPSA) is 88.1 Å². The molecule has 7 heteroatoms. The number of carbonyl (C=O) groups excluding carboxylic acids is 3. The molecule has 1 unspecified atom stereocenters. The molecule has 1 saturated heterocycles. The summed E-state index contributed by atoms with van der Waals surface area (Å²) in [5, 5.41) is 2.65. The molecule has 7 nitrogen and oxygen atoms in total. The van der Waals surface area contributed by atoms with Crippen molar-refractivity contribution in [2.45, 2.75) is 38.8 Å². The smallest absolute Gasteiger partial charge is 0.411 e. The molecule has 0 radical (unpaired) electrons. The van der Waals surface area contributed by atoms with Gasteiger partial charge in [0.2, 0.25) is 5.78 Å². The molecule has 1 fully saturated rings. The largest absolute Gasteiger partial charge is 0.447 e. The van der Waals surface area contributed by atoms with Gasteiger partial charge in [-0.15, -0.1) is 0 Å². The maximum absolute atomic E-state index is 13.3. The van der Waals surface area contributed by atoms with Crippen molar-refractivity contribution in [3.05, 3.63) is 59.7 Å². The molecule has 1 aliphatic heterocycles. The molecule has 0 aromatic heterocycles. The lowest BCUT2D eigenvalue weighted by Crippen LogP contribution is -2.51. The number of benzene rings is 2. The molecule has 0 saturated carbocycles. The minimum absolute atomic E-state index is 0.0782. The van der Waals surface area contributed by atoms with Gasteiger partial charge in [-0.05, 0) is 64.0 Å². The number of fused-ring (bicyclic) bond motifs is 1. The van der Waals surface area contributed by atoms with E-state index >= 15 is 0 Å². The Morgan fingerprint density at radius 1 is 1.03 bits per heavy atom. The first-order valence-corrected chi connectivity index (χ1v) is 10.5. The number of ketones is 2. The number of carbonyl (C=O) groups is 3. The number of anilines is 1. The molecular weight excluding hydrogens is 394 g/mol. The summed E-state index contributed by atoms with van der Waals surface area (Å²) in [6, 6.07) is 13.1. The quantitative estimate of drug-likeness (QED) is 0.800. The van der Waals surface area contributed by atoms with Crippen LogP contribution >= 0.6 is 0 Å². The van der Waals surface area contributed by atoms with Gasteiger partial charge in [-0.25, -0.2) is 9.79 Å². The Bertz CT molecular complexity index is 1040. The molecule has 160 valence electrons. The molecule has 31 heavy (non-hydrogen) atoms. The van der Waals surface area contributed by atoms with Crippen LogP contribution in [0.2, 0.25) is 0 Å². The second-order valence-electron chi connectivity index (χ2n) is 8.01. The van der Waals surface area contributed by atoms with E-state index in [2.05, 4.69) is 10.3 Å². The van der Waals surface area contributed by atoms with E-state index in [4.69, 9.17) is 4.74 Å². The third kappa shape index (κ3) is 4.41. The SMILES string of the molecule is CC(C)OC(=O)Nc1ccc(N=C2C(=O)c3ccccc3C(=O)C2N2CCCC2)cc1. The molecule has 1 heterocycles. The van der Waals surface area contributed by atoms with Crippen molar-refractivity contribution in [3.63, 3.8) is 0 Å². The lowest BCUT2D eigenvalue weighted by atomic mass is 9.83. The van der Waals surface area contributed by atoms with Gasteiger partial charge in [-0.2, -0.15) is 0 Å². The van der Waals surface area contributed by atoms with Gasteiger partial charge < -0.3 is 4.74 Å². The molecule has 1 atom stereocenters. The number of ether oxygens (including phenoxy) is 1. The predicted molar refractivity (Wildman–Crippen MR) is 118 cm³/mol. The standard InChI is InChI=1S/C24H25N3O4/c1-15(2)31-24(30)26-17-11-9-16(10-12-17)25-20-21(27-13-5-6-14-27)23(29)19-8-4-3-7-18(19)22(20)28/h3-4,7-12,15,21H,5-6,13-14H2,1-2H3,(H,26,30). The van der Waals surface area contributed by atoms with E-state index in [9.17, 15) is 14.4 Å². The number of aliphatic imine (C=N–C) groups is 1. The summed E-state index contributed by atoms with van der Waals surface area (Å²) in [6.07, 6.45) is 1.25. The first kappa shape index (κ1) is 20.9. The summed E-state index contributed by atoms with van der Waals surface area (Å²) in [4.78, 5) is 45.0. The molecule has 2 aromatic rings. The molecule has 1 amide bonds. The van der Waals surface area contributed by atoms with Gasteiger partial charge in [-0.1, -0.05) is 24.3 Å². The van der Waals surface area contributed by atoms with Gasteiger partial charge in [0.15, 0.2) is 5.78 Å². The van der Waals surface area contributed by atoms with Gasteiger partial charge >= 0.3 is 6.09 Å². The summed E-state index contributed by atoms with van der Waals surface area (Å²) >= 11 is 0. The number of nitrogens with zero attached hydrogens (tertiary/aromatic N) is 2. The van der Waals surface area contributed by atoms with Crippen molar-refractivity contribution in [2.75, 3.05) is 18.4 Å². The van der Waals surface area contributed by atoms with E-state index in [-0.39, 0.29) is 23.4 Å². The number of likely N-dealkylation sites (tertiary alicyclic amines) is 1. The number of hydrogen-bond acceptors (Lipinski definition) is 6. The third-order valence-electron chi connectivity index (χ3n) is 5.39.